The van der Waals surface area contributed by atoms with Crippen molar-refractivity contribution >= 4 is 33.2 Å². The molecule has 2 amide bonds. The molecule has 2 heterocycles. The fourth-order valence-electron chi connectivity index (χ4n) is 3.39. The van der Waals surface area contributed by atoms with Gasteiger partial charge in [0.1, 0.15) is 10.4 Å². The van der Waals surface area contributed by atoms with Crippen LogP contribution in [0, 0.1) is 0 Å². The summed E-state index contributed by atoms with van der Waals surface area (Å²) in [5.41, 5.74) is 0. The third kappa shape index (κ3) is 5.07. The average molecular weight is 416 g/mol. The highest BCUT2D eigenvalue weighted by Crippen LogP contribution is 2.25. The van der Waals surface area contributed by atoms with Crippen LogP contribution in [0.15, 0.2) is 21.7 Å². The Morgan fingerprint density at radius 1 is 1.19 bits per heavy atom. The molecule has 1 aliphatic carbocycles. The molecule has 27 heavy (non-hydrogen) atoms. The second-order valence-corrected chi connectivity index (χ2v) is 9.81. The molecule has 0 bridgehead atoms. The SMILES string of the molecule is O=C(NCC1OCCCN1S(=O)(=O)c1cccs1)C(=O)NC1CCCCC1. The van der Waals surface area contributed by atoms with E-state index in [1.807, 2.05) is 0 Å². The van der Waals surface area contributed by atoms with Crippen LogP contribution in [0.4, 0.5) is 0 Å². The summed E-state index contributed by atoms with van der Waals surface area (Å²) in [5.74, 6) is -1.44. The second kappa shape index (κ2) is 9.13. The van der Waals surface area contributed by atoms with Gasteiger partial charge in [0.15, 0.2) is 0 Å². The Balaban J connectivity index is 1.56. The van der Waals surface area contributed by atoms with Crippen molar-refractivity contribution in [2.75, 3.05) is 19.7 Å². The minimum atomic E-state index is -3.68. The van der Waals surface area contributed by atoms with E-state index >= 15 is 0 Å². The third-order valence-electron chi connectivity index (χ3n) is 4.80. The van der Waals surface area contributed by atoms with E-state index in [9.17, 15) is 18.0 Å². The molecule has 2 N–H and O–H groups in total. The highest BCUT2D eigenvalue weighted by atomic mass is 32.2. The van der Waals surface area contributed by atoms with Crippen LogP contribution < -0.4 is 10.6 Å². The zero-order valence-electron chi connectivity index (χ0n) is 15.1. The highest BCUT2D eigenvalue weighted by molar-refractivity contribution is 7.91. The maximum Gasteiger partial charge on any atom is 0.309 e. The second-order valence-electron chi connectivity index (χ2n) is 6.75. The average Bonchev–Trinajstić information content (AvgIpc) is 3.23. The van der Waals surface area contributed by atoms with Gasteiger partial charge in [-0.1, -0.05) is 25.3 Å². The number of nitrogens with one attached hydrogen (secondary N) is 2. The Labute approximate surface area is 163 Å². The highest BCUT2D eigenvalue weighted by Gasteiger charge is 2.35. The first-order valence-electron chi connectivity index (χ1n) is 9.24. The van der Waals surface area contributed by atoms with Gasteiger partial charge in [0, 0.05) is 12.6 Å². The van der Waals surface area contributed by atoms with Gasteiger partial charge in [0.2, 0.25) is 0 Å². The Bertz CT molecular complexity index is 745. The van der Waals surface area contributed by atoms with Gasteiger partial charge in [-0.15, -0.1) is 11.3 Å². The topological polar surface area (TPSA) is 105 Å². The van der Waals surface area contributed by atoms with Crippen LogP contribution in [0.2, 0.25) is 0 Å². The Hall–Kier alpha value is -1.49. The van der Waals surface area contributed by atoms with Gasteiger partial charge in [-0.05, 0) is 30.7 Å². The van der Waals surface area contributed by atoms with Crippen molar-refractivity contribution in [1.82, 2.24) is 14.9 Å². The molecule has 0 aromatic carbocycles. The van der Waals surface area contributed by atoms with Crippen molar-refractivity contribution < 1.29 is 22.7 Å². The molecule has 150 valence electrons. The normalized spacial score (nSPS) is 22.3. The summed E-state index contributed by atoms with van der Waals surface area (Å²) >= 11 is 1.14. The lowest BCUT2D eigenvalue weighted by Crippen LogP contribution is -2.53. The molecular formula is C17H25N3O5S2. The summed E-state index contributed by atoms with van der Waals surface area (Å²) < 4.78 is 32.6. The van der Waals surface area contributed by atoms with Gasteiger partial charge in [0.25, 0.3) is 10.0 Å². The zero-order valence-corrected chi connectivity index (χ0v) is 16.7. The number of amides is 2. The first-order valence-corrected chi connectivity index (χ1v) is 11.6. The molecule has 0 spiro atoms. The van der Waals surface area contributed by atoms with Gasteiger partial charge >= 0.3 is 11.8 Å². The van der Waals surface area contributed by atoms with E-state index in [1.54, 1.807) is 17.5 Å². The summed E-state index contributed by atoms with van der Waals surface area (Å²) in [6.07, 6.45) is 4.80. The van der Waals surface area contributed by atoms with E-state index in [1.165, 1.54) is 4.31 Å². The standard InChI is InChI=1S/C17H25N3O5S2/c21-16(17(22)19-13-6-2-1-3-7-13)18-12-14-20(9-5-10-25-14)27(23,24)15-8-4-11-26-15/h4,8,11,13-14H,1-3,5-7,9-10,12H2,(H,18,21)(H,19,22). The molecule has 8 nitrogen and oxygen atoms in total. The molecular weight excluding hydrogens is 390 g/mol. The molecule has 1 atom stereocenters. The van der Waals surface area contributed by atoms with E-state index in [2.05, 4.69) is 10.6 Å². The number of hydrogen-bond acceptors (Lipinski definition) is 6. The first kappa shape index (κ1) is 20.2. The van der Waals surface area contributed by atoms with Crippen molar-refractivity contribution in [2.45, 2.75) is 55.0 Å². The van der Waals surface area contributed by atoms with Crippen LogP contribution in [0.3, 0.4) is 0 Å². The van der Waals surface area contributed by atoms with Crippen LogP contribution >= 0.6 is 11.3 Å². The number of nitrogens with zero attached hydrogens (tertiary/aromatic N) is 1. The van der Waals surface area contributed by atoms with Crippen molar-refractivity contribution in [2.24, 2.45) is 0 Å². The van der Waals surface area contributed by atoms with E-state index in [0.717, 1.165) is 43.4 Å². The van der Waals surface area contributed by atoms with E-state index in [4.69, 9.17) is 4.74 Å². The van der Waals surface area contributed by atoms with Gasteiger partial charge in [-0.2, -0.15) is 4.31 Å². The number of ether oxygens (including phenoxy) is 1. The molecule has 2 fully saturated rings. The Morgan fingerprint density at radius 2 is 1.96 bits per heavy atom. The summed E-state index contributed by atoms with van der Waals surface area (Å²) in [7, 11) is -3.68. The monoisotopic (exact) mass is 415 g/mol. The number of sulfonamides is 1. The number of carbonyl (C=O) groups is 2. The van der Waals surface area contributed by atoms with Crippen LogP contribution in [0.5, 0.6) is 0 Å². The Kier molecular flexibility index (Phi) is 6.85. The number of carbonyl (C=O) groups excluding carboxylic acids is 2. The fraction of sp³-hybridized carbons (Fsp3) is 0.647. The number of hydrogen-bond donors (Lipinski definition) is 2. The lowest BCUT2D eigenvalue weighted by atomic mass is 9.95. The maximum atomic E-state index is 12.8. The lowest BCUT2D eigenvalue weighted by molar-refractivity contribution is -0.140. The smallest absolute Gasteiger partial charge is 0.309 e. The predicted octanol–water partition coefficient (Wildman–Crippen LogP) is 1.05. The third-order valence-corrected chi connectivity index (χ3v) is 8.06. The summed E-state index contributed by atoms with van der Waals surface area (Å²) in [6.45, 7) is 0.655. The zero-order chi connectivity index (χ0) is 19.3. The van der Waals surface area contributed by atoms with Gasteiger partial charge in [-0.3, -0.25) is 9.59 Å². The lowest BCUT2D eigenvalue weighted by Gasteiger charge is -2.34. The number of rotatable bonds is 5. The van der Waals surface area contributed by atoms with Crippen molar-refractivity contribution in [3.8, 4) is 0 Å². The van der Waals surface area contributed by atoms with E-state index in [-0.39, 0.29) is 16.8 Å². The van der Waals surface area contributed by atoms with Crippen molar-refractivity contribution in [3.05, 3.63) is 17.5 Å². The Morgan fingerprint density at radius 3 is 2.67 bits per heavy atom. The van der Waals surface area contributed by atoms with E-state index < -0.39 is 28.1 Å². The van der Waals surface area contributed by atoms with Gasteiger partial charge in [-0.25, -0.2) is 8.42 Å². The molecule has 1 saturated carbocycles. The molecule has 1 aromatic heterocycles. The van der Waals surface area contributed by atoms with Crippen LogP contribution in [0.1, 0.15) is 38.5 Å². The summed E-state index contributed by atoms with van der Waals surface area (Å²) in [4.78, 5) is 24.2. The summed E-state index contributed by atoms with van der Waals surface area (Å²) in [6, 6.07) is 3.26. The van der Waals surface area contributed by atoms with Crippen molar-refractivity contribution in [1.29, 1.82) is 0 Å². The van der Waals surface area contributed by atoms with Gasteiger partial charge < -0.3 is 15.4 Å². The van der Waals surface area contributed by atoms with Crippen molar-refractivity contribution in [3.63, 3.8) is 0 Å². The molecule has 1 aliphatic heterocycles. The van der Waals surface area contributed by atoms with Crippen LogP contribution in [0.25, 0.3) is 0 Å². The quantitative estimate of drug-likeness (QED) is 0.700. The molecule has 1 saturated heterocycles. The molecule has 3 rings (SSSR count). The molecule has 1 unspecified atom stereocenters. The molecule has 1 aromatic rings. The first-order chi connectivity index (χ1) is 13.0. The number of thiophene rings is 1. The largest absolute Gasteiger partial charge is 0.360 e. The molecule has 2 aliphatic rings. The minimum Gasteiger partial charge on any atom is -0.360 e. The van der Waals surface area contributed by atoms with Crippen LogP contribution in [-0.4, -0.2) is 56.5 Å². The van der Waals surface area contributed by atoms with E-state index in [0.29, 0.717) is 19.6 Å². The summed E-state index contributed by atoms with van der Waals surface area (Å²) in [5, 5.41) is 6.96. The van der Waals surface area contributed by atoms with Crippen LogP contribution in [-0.2, 0) is 24.3 Å². The maximum absolute atomic E-state index is 12.8. The molecule has 0 radical (unpaired) electrons. The predicted molar refractivity (Wildman–Crippen MR) is 101 cm³/mol. The minimum absolute atomic E-state index is 0.0404. The van der Waals surface area contributed by atoms with Gasteiger partial charge in [0.05, 0.1) is 13.2 Å². The molecule has 10 heteroatoms. The fourth-order valence-corrected chi connectivity index (χ4v) is 6.07.